The number of hydrogen-bond acceptors (Lipinski definition) is 3. The zero-order chi connectivity index (χ0) is 14.8. The maximum Gasteiger partial charge on any atom is 0.240 e. The number of hydrogen-bond donors (Lipinski definition) is 1. The molecule has 0 saturated carbocycles. The highest BCUT2D eigenvalue weighted by Gasteiger charge is 2.31. The van der Waals surface area contributed by atoms with Crippen LogP contribution in [0, 0.1) is 0 Å². The predicted molar refractivity (Wildman–Crippen MR) is 81.0 cm³/mol. The molecule has 0 saturated heterocycles. The van der Waals surface area contributed by atoms with E-state index in [9.17, 15) is 9.90 Å². The summed E-state index contributed by atoms with van der Waals surface area (Å²) < 4.78 is 0. The Morgan fingerprint density at radius 2 is 1.81 bits per heavy atom. The Labute approximate surface area is 123 Å². The molecule has 0 aliphatic carbocycles. The van der Waals surface area contributed by atoms with Gasteiger partial charge in [0.05, 0.1) is 11.8 Å². The fourth-order valence-electron chi connectivity index (χ4n) is 2.56. The van der Waals surface area contributed by atoms with E-state index in [1.165, 1.54) is 11.9 Å². The number of hydrazone groups is 1. The van der Waals surface area contributed by atoms with Crippen LogP contribution in [0.1, 0.15) is 30.5 Å². The summed E-state index contributed by atoms with van der Waals surface area (Å²) in [5, 5.41) is 15.4. The predicted octanol–water partition coefficient (Wildman–Crippen LogP) is 3.09. The summed E-state index contributed by atoms with van der Waals surface area (Å²) in [7, 11) is 0. The van der Waals surface area contributed by atoms with Crippen molar-refractivity contribution in [3.8, 4) is 5.75 Å². The van der Waals surface area contributed by atoms with Crippen molar-refractivity contribution in [3.63, 3.8) is 0 Å². The first-order valence-electron chi connectivity index (χ1n) is 6.87. The zero-order valence-electron chi connectivity index (χ0n) is 11.7. The van der Waals surface area contributed by atoms with Crippen LogP contribution >= 0.6 is 0 Å². The number of rotatable bonds is 2. The Kier molecular flexibility index (Phi) is 3.44. The lowest BCUT2D eigenvalue weighted by molar-refractivity contribution is -0.130. The van der Waals surface area contributed by atoms with Crippen LogP contribution in [0.5, 0.6) is 5.75 Å². The second-order valence-electron chi connectivity index (χ2n) is 5.09. The maximum absolute atomic E-state index is 11.8. The number of carbonyl (C=O) groups is 1. The minimum atomic E-state index is -0.0716. The Morgan fingerprint density at radius 1 is 1.14 bits per heavy atom. The summed E-state index contributed by atoms with van der Waals surface area (Å²) >= 11 is 0. The molecule has 2 aromatic carbocycles. The van der Waals surface area contributed by atoms with Crippen LogP contribution in [0.2, 0.25) is 0 Å². The number of benzene rings is 2. The van der Waals surface area contributed by atoms with Crippen LogP contribution in [-0.2, 0) is 4.79 Å². The molecule has 0 radical (unpaired) electrons. The topological polar surface area (TPSA) is 52.9 Å². The van der Waals surface area contributed by atoms with Gasteiger partial charge in [0.2, 0.25) is 5.91 Å². The second kappa shape index (κ2) is 5.40. The Bertz CT molecular complexity index is 678. The van der Waals surface area contributed by atoms with Gasteiger partial charge < -0.3 is 5.11 Å². The largest absolute Gasteiger partial charge is 0.508 e. The molecule has 3 rings (SSSR count). The number of phenolic OH excluding ortho intramolecular Hbond substituents is 1. The third-order valence-corrected chi connectivity index (χ3v) is 3.62. The first-order chi connectivity index (χ1) is 10.1. The highest BCUT2D eigenvalue weighted by atomic mass is 16.3. The molecule has 4 heteroatoms. The fourth-order valence-corrected chi connectivity index (χ4v) is 2.56. The maximum atomic E-state index is 11.8. The van der Waals surface area contributed by atoms with Crippen LogP contribution in [0.3, 0.4) is 0 Å². The summed E-state index contributed by atoms with van der Waals surface area (Å²) in [6.07, 6.45) is 0.675. The molecular weight excluding hydrogens is 264 g/mol. The molecule has 0 spiro atoms. The lowest BCUT2D eigenvalue weighted by Gasteiger charge is -2.20. The minimum Gasteiger partial charge on any atom is -0.508 e. The van der Waals surface area contributed by atoms with Gasteiger partial charge in [-0.25, -0.2) is 5.01 Å². The van der Waals surface area contributed by atoms with Gasteiger partial charge in [-0.05, 0) is 35.4 Å². The van der Waals surface area contributed by atoms with E-state index in [4.69, 9.17) is 0 Å². The molecule has 1 unspecified atom stereocenters. The zero-order valence-corrected chi connectivity index (χ0v) is 11.7. The van der Waals surface area contributed by atoms with Crippen LogP contribution in [0.15, 0.2) is 59.7 Å². The molecule has 0 bridgehead atoms. The highest BCUT2D eigenvalue weighted by Crippen LogP contribution is 2.32. The van der Waals surface area contributed by atoms with Crippen molar-refractivity contribution in [2.75, 3.05) is 0 Å². The summed E-state index contributed by atoms with van der Waals surface area (Å²) in [5.74, 6) is 0.151. The van der Waals surface area contributed by atoms with Crippen LogP contribution in [0.25, 0.3) is 0 Å². The number of carbonyl (C=O) groups excluding carboxylic acids is 1. The fraction of sp³-hybridized carbons (Fsp3) is 0.176. The molecule has 1 amide bonds. The van der Waals surface area contributed by atoms with E-state index >= 15 is 0 Å². The summed E-state index contributed by atoms with van der Waals surface area (Å²) in [4.78, 5) is 11.8. The van der Waals surface area contributed by atoms with Crippen molar-refractivity contribution in [2.24, 2.45) is 5.10 Å². The van der Waals surface area contributed by atoms with E-state index < -0.39 is 0 Å². The Balaban J connectivity index is 1.93. The summed E-state index contributed by atoms with van der Waals surface area (Å²) in [6, 6.07) is 16.7. The van der Waals surface area contributed by atoms with Gasteiger partial charge in [-0.1, -0.05) is 30.3 Å². The molecule has 106 valence electrons. The van der Waals surface area contributed by atoms with Crippen molar-refractivity contribution in [3.05, 3.63) is 65.7 Å². The van der Waals surface area contributed by atoms with Crippen LogP contribution in [-0.4, -0.2) is 21.7 Å². The van der Waals surface area contributed by atoms with E-state index in [1.807, 2.05) is 42.5 Å². The van der Waals surface area contributed by atoms with E-state index in [1.54, 1.807) is 12.1 Å². The van der Waals surface area contributed by atoms with Gasteiger partial charge in [-0.2, -0.15) is 5.10 Å². The van der Waals surface area contributed by atoms with Gasteiger partial charge >= 0.3 is 0 Å². The smallest absolute Gasteiger partial charge is 0.240 e. The average Bonchev–Trinajstić information content (AvgIpc) is 2.94. The standard InChI is InChI=1S/C17H16N2O2/c1-12(20)19-17(14-5-3-2-4-6-14)11-16(18-19)13-7-9-15(21)10-8-13/h2-10,17,21H,11H2,1H3. The van der Waals surface area contributed by atoms with Gasteiger partial charge in [0.15, 0.2) is 0 Å². The van der Waals surface area contributed by atoms with Crippen LogP contribution in [0.4, 0.5) is 0 Å². The number of aromatic hydroxyl groups is 1. The van der Waals surface area contributed by atoms with E-state index in [0.717, 1.165) is 16.8 Å². The van der Waals surface area contributed by atoms with Gasteiger partial charge in [0.25, 0.3) is 0 Å². The lowest BCUT2D eigenvalue weighted by atomic mass is 9.98. The van der Waals surface area contributed by atoms with Crippen molar-refractivity contribution in [2.45, 2.75) is 19.4 Å². The van der Waals surface area contributed by atoms with Crippen LogP contribution < -0.4 is 0 Å². The molecule has 2 aromatic rings. The summed E-state index contributed by atoms with van der Waals surface area (Å²) in [5.41, 5.74) is 2.86. The molecule has 1 atom stereocenters. The molecule has 1 heterocycles. The quantitative estimate of drug-likeness (QED) is 0.919. The molecule has 1 aliphatic heterocycles. The highest BCUT2D eigenvalue weighted by molar-refractivity contribution is 6.03. The molecule has 0 aromatic heterocycles. The van der Waals surface area contributed by atoms with Gasteiger partial charge in [-0.15, -0.1) is 0 Å². The molecule has 21 heavy (non-hydrogen) atoms. The van der Waals surface area contributed by atoms with Crippen molar-refractivity contribution >= 4 is 11.6 Å². The second-order valence-corrected chi connectivity index (χ2v) is 5.09. The average molecular weight is 280 g/mol. The monoisotopic (exact) mass is 280 g/mol. The number of amides is 1. The Hall–Kier alpha value is -2.62. The third kappa shape index (κ3) is 2.65. The molecule has 4 nitrogen and oxygen atoms in total. The molecule has 1 aliphatic rings. The van der Waals surface area contributed by atoms with E-state index in [2.05, 4.69) is 5.10 Å². The van der Waals surface area contributed by atoms with Crippen molar-refractivity contribution in [1.29, 1.82) is 0 Å². The molecular formula is C17H16N2O2. The molecule has 0 fully saturated rings. The van der Waals surface area contributed by atoms with Crippen molar-refractivity contribution in [1.82, 2.24) is 5.01 Å². The van der Waals surface area contributed by atoms with Crippen molar-refractivity contribution < 1.29 is 9.90 Å². The lowest BCUT2D eigenvalue weighted by Crippen LogP contribution is -2.24. The summed E-state index contributed by atoms with van der Waals surface area (Å²) in [6.45, 7) is 1.53. The Morgan fingerprint density at radius 3 is 2.43 bits per heavy atom. The van der Waals surface area contributed by atoms with E-state index in [0.29, 0.717) is 6.42 Å². The van der Waals surface area contributed by atoms with Gasteiger partial charge in [0, 0.05) is 13.3 Å². The van der Waals surface area contributed by atoms with Gasteiger partial charge in [-0.3, -0.25) is 4.79 Å². The number of phenols is 1. The SMILES string of the molecule is CC(=O)N1N=C(c2ccc(O)cc2)CC1c1ccccc1. The number of nitrogens with zero attached hydrogens (tertiary/aromatic N) is 2. The molecule has 1 N–H and O–H groups in total. The first-order valence-corrected chi connectivity index (χ1v) is 6.87. The first kappa shape index (κ1) is 13.4. The van der Waals surface area contributed by atoms with Gasteiger partial charge in [0.1, 0.15) is 5.75 Å². The normalized spacial score (nSPS) is 17.7. The van der Waals surface area contributed by atoms with E-state index in [-0.39, 0.29) is 17.7 Å². The minimum absolute atomic E-state index is 0.0625. The third-order valence-electron chi connectivity index (χ3n) is 3.62.